The lowest BCUT2D eigenvalue weighted by Crippen LogP contribution is -2.22. The van der Waals surface area contributed by atoms with Gasteiger partial charge in [0.2, 0.25) is 0 Å². The average Bonchev–Trinajstić information content (AvgIpc) is 2.41. The van der Waals surface area contributed by atoms with Gasteiger partial charge in [0.25, 0.3) is 0 Å². The van der Waals surface area contributed by atoms with Crippen LogP contribution in [0.2, 0.25) is 0 Å². The van der Waals surface area contributed by atoms with Crippen molar-refractivity contribution in [1.82, 2.24) is 0 Å². The Morgan fingerprint density at radius 1 is 1.10 bits per heavy atom. The zero-order valence-corrected chi connectivity index (χ0v) is 14.4. The number of sulfone groups is 1. The van der Waals surface area contributed by atoms with Crippen LogP contribution in [-0.4, -0.2) is 14.2 Å². The summed E-state index contributed by atoms with van der Waals surface area (Å²) in [4.78, 5) is 0.298. The molecular weight excluding hydrogens is 350 g/mol. The van der Waals surface area contributed by atoms with Gasteiger partial charge in [0.15, 0.2) is 9.84 Å². The van der Waals surface area contributed by atoms with E-state index in [9.17, 15) is 8.42 Å². The van der Waals surface area contributed by atoms with Gasteiger partial charge in [0, 0.05) is 10.5 Å². The topological polar surface area (TPSA) is 60.2 Å². The minimum Gasteiger partial charge on any atom is -0.323 e. The smallest absolute Gasteiger partial charge is 0.180 e. The molecule has 0 saturated heterocycles. The number of hydrogen-bond donors (Lipinski definition) is 1. The van der Waals surface area contributed by atoms with Gasteiger partial charge in [-0.05, 0) is 49.2 Å². The van der Waals surface area contributed by atoms with Crippen molar-refractivity contribution in [2.75, 3.05) is 5.75 Å². The summed E-state index contributed by atoms with van der Waals surface area (Å²) < 4.78 is 25.7. The molecule has 1 unspecified atom stereocenters. The number of hydrogen-bond acceptors (Lipinski definition) is 3. The first kappa shape index (κ1) is 16.2. The van der Waals surface area contributed by atoms with Crippen LogP contribution in [0.15, 0.2) is 51.8 Å². The Morgan fingerprint density at radius 3 is 2.33 bits per heavy atom. The van der Waals surface area contributed by atoms with Crippen molar-refractivity contribution < 1.29 is 8.42 Å². The minimum absolute atomic E-state index is 0.0983. The third-order valence-corrected chi connectivity index (χ3v) is 5.72. The first-order chi connectivity index (χ1) is 9.79. The number of benzene rings is 2. The van der Waals surface area contributed by atoms with E-state index in [2.05, 4.69) is 15.9 Å². The van der Waals surface area contributed by atoms with Crippen molar-refractivity contribution in [3.05, 3.63) is 63.6 Å². The fourth-order valence-electron chi connectivity index (χ4n) is 2.22. The maximum atomic E-state index is 12.4. The highest BCUT2D eigenvalue weighted by molar-refractivity contribution is 9.10. The van der Waals surface area contributed by atoms with Gasteiger partial charge in [0.1, 0.15) is 0 Å². The minimum atomic E-state index is -3.40. The van der Waals surface area contributed by atoms with E-state index >= 15 is 0 Å². The van der Waals surface area contributed by atoms with Gasteiger partial charge < -0.3 is 5.73 Å². The van der Waals surface area contributed by atoms with E-state index in [1.54, 1.807) is 24.3 Å². The van der Waals surface area contributed by atoms with Crippen LogP contribution in [0.1, 0.15) is 22.7 Å². The predicted octanol–water partition coefficient (Wildman–Crippen LogP) is 3.54. The molecule has 2 aromatic carbocycles. The van der Waals surface area contributed by atoms with E-state index in [0.717, 1.165) is 21.2 Å². The molecule has 0 fully saturated rings. The van der Waals surface area contributed by atoms with Crippen LogP contribution in [0.3, 0.4) is 0 Å². The third-order valence-electron chi connectivity index (χ3n) is 3.41. The molecule has 21 heavy (non-hydrogen) atoms. The number of aryl methyl sites for hydroxylation is 2. The molecule has 2 rings (SSSR count). The highest BCUT2D eigenvalue weighted by atomic mass is 79.9. The van der Waals surface area contributed by atoms with Gasteiger partial charge in [-0.25, -0.2) is 8.42 Å². The van der Waals surface area contributed by atoms with Crippen LogP contribution in [0.25, 0.3) is 0 Å². The van der Waals surface area contributed by atoms with Gasteiger partial charge >= 0.3 is 0 Å². The Balaban J connectivity index is 2.27. The molecule has 0 spiro atoms. The van der Waals surface area contributed by atoms with Crippen LogP contribution < -0.4 is 5.73 Å². The molecule has 3 nitrogen and oxygen atoms in total. The number of halogens is 1. The van der Waals surface area contributed by atoms with Gasteiger partial charge in [-0.2, -0.15) is 0 Å². The van der Waals surface area contributed by atoms with Crippen LogP contribution in [0.4, 0.5) is 0 Å². The second-order valence-electron chi connectivity index (χ2n) is 5.20. The fraction of sp³-hybridized carbons (Fsp3) is 0.250. The maximum absolute atomic E-state index is 12.4. The van der Waals surface area contributed by atoms with Gasteiger partial charge in [0.05, 0.1) is 10.6 Å². The largest absolute Gasteiger partial charge is 0.323 e. The summed E-state index contributed by atoms with van der Waals surface area (Å²) >= 11 is 3.30. The monoisotopic (exact) mass is 367 g/mol. The Kier molecular flexibility index (Phi) is 4.86. The van der Waals surface area contributed by atoms with Crippen LogP contribution in [0.5, 0.6) is 0 Å². The van der Waals surface area contributed by atoms with Crippen molar-refractivity contribution in [2.24, 2.45) is 5.73 Å². The van der Waals surface area contributed by atoms with Gasteiger partial charge in [-0.15, -0.1) is 0 Å². The highest BCUT2D eigenvalue weighted by Gasteiger charge is 2.21. The molecule has 1 atom stereocenters. The molecule has 5 heteroatoms. The SMILES string of the molecule is Cc1ccc(C)c(C(N)CS(=O)(=O)c2ccc(Br)cc2)c1. The summed E-state index contributed by atoms with van der Waals surface area (Å²) in [6, 6.07) is 12.0. The summed E-state index contributed by atoms with van der Waals surface area (Å²) in [6.07, 6.45) is 0. The van der Waals surface area contributed by atoms with E-state index in [-0.39, 0.29) is 5.75 Å². The molecule has 0 aromatic heterocycles. The van der Waals surface area contributed by atoms with E-state index in [1.807, 2.05) is 32.0 Å². The molecule has 0 saturated carbocycles. The molecule has 0 bridgehead atoms. The van der Waals surface area contributed by atoms with Crippen molar-refractivity contribution in [3.63, 3.8) is 0 Å². The standard InChI is InChI=1S/C16H18BrNO2S/c1-11-3-4-12(2)15(9-11)16(18)10-21(19,20)14-7-5-13(17)6-8-14/h3-9,16H,10,18H2,1-2H3. The van der Waals surface area contributed by atoms with Gasteiger partial charge in [-0.1, -0.05) is 39.7 Å². The molecule has 0 aliphatic carbocycles. The molecule has 0 amide bonds. The van der Waals surface area contributed by atoms with Crippen molar-refractivity contribution in [3.8, 4) is 0 Å². The molecule has 2 N–H and O–H groups in total. The van der Waals surface area contributed by atoms with Crippen molar-refractivity contribution >= 4 is 25.8 Å². The van der Waals surface area contributed by atoms with Crippen LogP contribution in [-0.2, 0) is 9.84 Å². The normalized spacial score (nSPS) is 13.1. The summed E-state index contributed by atoms with van der Waals surface area (Å²) in [5.74, 6) is -0.0983. The number of rotatable bonds is 4. The lowest BCUT2D eigenvalue weighted by atomic mass is 10.0. The van der Waals surface area contributed by atoms with E-state index < -0.39 is 15.9 Å². The fourth-order valence-corrected chi connectivity index (χ4v) is 3.88. The zero-order valence-electron chi connectivity index (χ0n) is 12.0. The Labute approximate surface area is 134 Å². The Hall–Kier alpha value is -1.17. The van der Waals surface area contributed by atoms with E-state index in [0.29, 0.717) is 4.90 Å². The molecule has 0 aliphatic rings. The van der Waals surface area contributed by atoms with Crippen molar-refractivity contribution in [1.29, 1.82) is 0 Å². The first-order valence-corrected chi connectivity index (χ1v) is 9.05. The van der Waals surface area contributed by atoms with Crippen LogP contribution >= 0.6 is 15.9 Å². The first-order valence-electron chi connectivity index (χ1n) is 6.60. The van der Waals surface area contributed by atoms with Gasteiger partial charge in [-0.3, -0.25) is 0 Å². The molecule has 112 valence electrons. The third kappa shape index (κ3) is 3.93. The number of nitrogens with two attached hydrogens (primary N) is 1. The van der Waals surface area contributed by atoms with E-state index in [1.165, 1.54) is 0 Å². The summed E-state index contributed by atoms with van der Waals surface area (Å²) in [5, 5.41) is 0. The van der Waals surface area contributed by atoms with Crippen molar-refractivity contribution in [2.45, 2.75) is 24.8 Å². The Bertz CT molecular complexity index is 739. The lowest BCUT2D eigenvalue weighted by Gasteiger charge is -2.16. The van der Waals surface area contributed by atoms with Crippen LogP contribution in [0, 0.1) is 13.8 Å². The summed E-state index contributed by atoms with van der Waals surface area (Å²) in [6.45, 7) is 3.92. The molecular formula is C16H18BrNO2S. The summed E-state index contributed by atoms with van der Waals surface area (Å²) in [5.41, 5.74) is 9.10. The highest BCUT2D eigenvalue weighted by Crippen LogP contribution is 2.23. The van der Waals surface area contributed by atoms with E-state index in [4.69, 9.17) is 5.73 Å². The average molecular weight is 368 g/mol. The second kappa shape index (κ2) is 6.30. The molecule has 2 aromatic rings. The molecule has 0 radical (unpaired) electrons. The predicted molar refractivity (Wildman–Crippen MR) is 89.0 cm³/mol. The lowest BCUT2D eigenvalue weighted by molar-refractivity contribution is 0.588. The second-order valence-corrected chi connectivity index (χ2v) is 8.15. The molecule has 0 heterocycles. The maximum Gasteiger partial charge on any atom is 0.180 e. The zero-order chi connectivity index (χ0) is 15.6. The Morgan fingerprint density at radius 2 is 1.71 bits per heavy atom. The molecule has 0 aliphatic heterocycles. The quantitative estimate of drug-likeness (QED) is 0.898. The summed E-state index contributed by atoms with van der Waals surface area (Å²) in [7, 11) is -3.40.